The number of thiophene rings is 1. The molecule has 7 nitrogen and oxygen atoms in total. The van der Waals surface area contributed by atoms with Crippen molar-refractivity contribution < 1.29 is 28.6 Å². The first-order chi connectivity index (χ1) is 16.8. The maximum Gasteiger partial charge on any atom is 0.294 e. The molecule has 0 fully saturated rings. The van der Waals surface area contributed by atoms with Gasteiger partial charge in [0, 0.05) is 26.5 Å². The number of ether oxygens (including phenoxy) is 2. The molecule has 0 saturated carbocycles. The number of halogens is 1. The summed E-state index contributed by atoms with van der Waals surface area (Å²) >= 11 is 4.82. The van der Waals surface area contributed by atoms with Crippen molar-refractivity contribution >= 4 is 55.6 Å². The predicted molar refractivity (Wildman–Crippen MR) is 137 cm³/mol. The van der Waals surface area contributed by atoms with Crippen molar-refractivity contribution in [1.29, 1.82) is 0 Å². The van der Waals surface area contributed by atoms with Crippen molar-refractivity contribution in [2.24, 2.45) is 0 Å². The second-order valence-corrected chi connectivity index (χ2v) is 9.83. The van der Waals surface area contributed by atoms with Crippen molar-refractivity contribution in [3.8, 4) is 11.5 Å². The van der Waals surface area contributed by atoms with Crippen LogP contribution in [0.25, 0.3) is 11.0 Å². The third-order valence-corrected chi connectivity index (χ3v) is 7.51. The van der Waals surface area contributed by atoms with Crippen LogP contribution < -0.4 is 14.4 Å². The monoisotopic (exact) mass is 553 g/mol. The van der Waals surface area contributed by atoms with Crippen LogP contribution in [0.2, 0.25) is 0 Å². The third kappa shape index (κ3) is 3.81. The van der Waals surface area contributed by atoms with Crippen molar-refractivity contribution in [3.63, 3.8) is 0 Å². The van der Waals surface area contributed by atoms with Crippen LogP contribution in [0.5, 0.6) is 11.5 Å². The van der Waals surface area contributed by atoms with Gasteiger partial charge in [-0.05, 0) is 60.3 Å². The molecule has 1 unspecified atom stereocenters. The fraction of sp³-hybridized carbons (Fsp3) is 0.154. The number of methoxy groups -OCH3 is 2. The highest BCUT2D eigenvalue weighted by Crippen LogP contribution is 2.46. The van der Waals surface area contributed by atoms with E-state index in [-0.39, 0.29) is 11.3 Å². The van der Waals surface area contributed by atoms with Crippen molar-refractivity contribution in [3.05, 3.63) is 85.9 Å². The molecule has 0 radical (unpaired) electrons. The minimum atomic E-state index is -0.840. The van der Waals surface area contributed by atoms with Gasteiger partial charge in [0.05, 0.1) is 19.8 Å². The lowest BCUT2D eigenvalue weighted by atomic mass is 9.98. The first-order valence-corrected chi connectivity index (χ1v) is 12.3. The van der Waals surface area contributed by atoms with Gasteiger partial charge in [-0.2, -0.15) is 0 Å². The number of ketones is 1. The van der Waals surface area contributed by atoms with Crippen LogP contribution in [0.4, 0.5) is 5.69 Å². The molecular formula is C26H20BrNO6S. The van der Waals surface area contributed by atoms with Crippen molar-refractivity contribution in [1.82, 2.24) is 0 Å². The molecule has 2 aromatic carbocycles. The van der Waals surface area contributed by atoms with Gasteiger partial charge in [-0.1, -0.05) is 15.9 Å². The number of carbonyl (C=O) groups is 2. The number of nitrogens with zero attached hydrogens (tertiary/aromatic N) is 1. The van der Waals surface area contributed by atoms with E-state index in [0.29, 0.717) is 22.8 Å². The molecule has 5 rings (SSSR count). The van der Waals surface area contributed by atoms with Crippen LogP contribution in [0.15, 0.2) is 74.1 Å². The number of hydrogen-bond donors (Lipinski definition) is 1. The Morgan fingerprint density at radius 2 is 1.86 bits per heavy atom. The summed E-state index contributed by atoms with van der Waals surface area (Å²) in [6.45, 7) is 1.90. The van der Waals surface area contributed by atoms with E-state index in [2.05, 4.69) is 15.9 Å². The number of anilines is 1. The minimum absolute atomic E-state index is 0.0338. The van der Waals surface area contributed by atoms with E-state index in [1.54, 1.807) is 30.3 Å². The average molecular weight is 554 g/mol. The number of aliphatic hydroxyl groups excluding tert-OH is 1. The summed E-state index contributed by atoms with van der Waals surface area (Å²) in [6, 6.07) is 13.1. The number of aliphatic hydroxyl groups is 1. The van der Waals surface area contributed by atoms with Gasteiger partial charge >= 0.3 is 0 Å². The number of fused-ring (bicyclic) bond motifs is 1. The summed E-state index contributed by atoms with van der Waals surface area (Å²) in [5.41, 5.74) is 1.84. The van der Waals surface area contributed by atoms with Crippen LogP contribution in [0.1, 0.15) is 27.0 Å². The fourth-order valence-corrected chi connectivity index (χ4v) is 5.65. The topological polar surface area (TPSA) is 89.2 Å². The zero-order chi connectivity index (χ0) is 24.9. The smallest absolute Gasteiger partial charge is 0.294 e. The molecule has 0 bridgehead atoms. The molecule has 0 spiro atoms. The van der Waals surface area contributed by atoms with Crippen molar-refractivity contribution in [2.75, 3.05) is 19.1 Å². The molecule has 0 saturated heterocycles. The lowest BCUT2D eigenvalue weighted by molar-refractivity contribution is -0.117. The van der Waals surface area contributed by atoms with Gasteiger partial charge in [-0.3, -0.25) is 14.5 Å². The zero-order valence-corrected chi connectivity index (χ0v) is 21.4. The van der Waals surface area contributed by atoms with Crippen LogP contribution in [-0.2, 0) is 4.79 Å². The normalized spacial score (nSPS) is 15.8. The van der Waals surface area contributed by atoms with Gasteiger partial charge in [-0.15, -0.1) is 11.3 Å². The maximum atomic E-state index is 13.7. The Hall–Kier alpha value is -3.56. The Kier molecular flexibility index (Phi) is 5.90. The minimum Gasteiger partial charge on any atom is -0.503 e. The van der Waals surface area contributed by atoms with Crippen LogP contribution in [-0.4, -0.2) is 31.0 Å². The van der Waals surface area contributed by atoms with E-state index < -0.39 is 23.5 Å². The van der Waals surface area contributed by atoms with Crippen LogP contribution in [0, 0.1) is 6.92 Å². The van der Waals surface area contributed by atoms with Gasteiger partial charge in [0.2, 0.25) is 5.78 Å². The van der Waals surface area contributed by atoms with Gasteiger partial charge in [0.15, 0.2) is 23.0 Å². The first kappa shape index (κ1) is 23.2. The van der Waals surface area contributed by atoms with E-state index in [1.165, 1.54) is 30.5 Å². The lowest BCUT2D eigenvalue weighted by Gasteiger charge is -2.27. The standard InChI is InChI=1S/C26H20BrNO6S/c1-13-8-9-35-25(13)22-21(23(29)20-11-14-10-15(27)4-6-17(14)34-20)24(30)26(31)28(22)16-5-7-18(32-2)19(12-16)33-3/h4-12,22,30H,1-3H3. The molecule has 1 aliphatic rings. The summed E-state index contributed by atoms with van der Waals surface area (Å²) in [6.07, 6.45) is 0. The number of aryl methyl sites for hydroxylation is 1. The number of Topliss-reactive ketones (excluding diaryl/α,β-unsaturated/α-hetero) is 1. The molecule has 3 heterocycles. The van der Waals surface area contributed by atoms with Gasteiger partial charge in [0.25, 0.3) is 5.91 Å². The Morgan fingerprint density at radius 1 is 1.09 bits per heavy atom. The van der Waals surface area contributed by atoms with E-state index in [9.17, 15) is 14.7 Å². The summed E-state index contributed by atoms with van der Waals surface area (Å²) < 4.78 is 17.4. The van der Waals surface area contributed by atoms with Crippen LogP contribution in [0.3, 0.4) is 0 Å². The molecule has 0 aliphatic carbocycles. The molecule has 1 amide bonds. The Morgan fingerprint density at radius 3 is 2.54 bits per heavy atom. The fourth-order valence-electron chi connectivity index (χ4n) is 4.25. The van der Waals surface area contributed by atoms with Gasteiger partial charge < -0.3 is 19.0 Å². The average Bonchev–Trinajstić information content (AvgIpc) is 3.54. The molecule has 1 atom stereocenters. The van der Waals surface area contributed by atoms with Gasteiger partial charge in [0.1, 0.15) is 11.6 Å². The molecule has 4 aromatic rings. The SMILES string of the molecule is COc1ccc(N2C(=O)C(O)=C(C(=O)c3cc4cc(Br)ccc4o3)C2c2sccc2C)cc1OC. The van der Waals surface area contributed by atoms with E-state index in [4.69, 9.17) is 13.9 Å². The molecule has 178 valence electrons. The maximum absolute atomic E-state index is 13.7. The second kappa shape index (κ2) is 8.90. The number of benzene rings is 2. The summed E-state index contributed by atoms with van der Waals surface area (Å²) in [5, 5.41) is 13.6. The highest BCUT2D eigenvalue weighted by Gasteiger charge is 2.46. The van der Waals surface area contributed by atoms with E-state index in [0.717, 1.165) is 20.3 Å². The number of rotatable bonds is 6. The Labute approximate surface area is 213 Å². The number of amides is 1. The molecular weight excluding hydrogens is 534 g/mol. The molecule has 9 heteroatoms. The largest absolute Gasteiger partial charge is 0.503 e. The molecule has 35 heavy (non-hydrogen) atoms. The first-order valence-electron chi connectivity index (χ1n) is 10.6. The lowest BCUT2D eigenvalue weighted by Crippen LogP contribution is -2.31. The van der Waals surface area contributed by atoms with E-state index in [1.807, 2.05) is 30.5 Å². The second-order valence-electron chi connectivity index (χ2n) is 7.97. The summed E-state index contributed by atoms with van der Waals surface area (Å²) in [5.74, 6) is -0.888. The quantitative estimate of drug-likeness (QED) is 0.279. The number of carbonyl (C=O) groups excluding carboxylic acids is 2. The summed E-state index contributed by atoms with van der Waals surface area (Å²) in [4.78, 5) is 29.3. The predicted octanol–water partition coefficient (Wildman–Crippen LogP) is 6.37. The number of hydrogen-bond acceptors (Lipinski definition) is 7. The molecule has 1 aliphatic heterocycles. The number of furan rings is 1. The summed E-state index contributed by atoms with van der Waals surface area (Å²) in [7, 11) is 3.02. The van der Waals surface area contributed by atoms with Crippen LogP contribution >= 0.6 is 27.3 Å². The molecule has 2 aromatic heterocycles. The van der Waals surface area contributed by atoms with E-state index >= 15 is 0 Å². The molecule has 1 N–H and O–H groups in total. The highest BCUT2D eigenvalue weighted by atomic mass is 79.9. The van der Waals surface area contributed by atoms with Crippen molar-refractivity contribution in [2.45, 2.75) is 13.0 Å². The third-order valence-electron chi connectivity index (χ3n) is 5.95. The van der Waals surface area contributed by atoms with Gasteiger partial charge in [-0.25, -0.2) is 0 Å². The zero-order valence-electron chi connectivity index (χ0n) is 19.0. The Bertz CT molecular complexity index is 1520. The highest BCUT2D eigenvalue weighted by molar-refractivity contribution is 9.10. The Balaban J connectivity index is 1.65.